The van der Waals surface area contributed by atoms with Crippen molar-refractivity contribution >= 4 is 44.8 Å². The predicted octanol–water partition coefficient (Wildman–Crippen LogP) is 4.32. The standard InChI is InChI=1S/C9H7BrCl2FN/c10-8-2-1-7(13)3-9(8)14-5-6(12)4-11/h1-4,14H,5H2/b6-4-. The summed E-state index contributed by atoms with van der Waals surface area (Å²) in [6.07, 6.45) is 0. The van der Waals surface area contributed by atoms with E-state index in [4.69, 9.17) is 23.2 Å². The Labute approximate surface area is 100 Å². The maximum Gasteiger partial charge on any atom is 0.125 e. The zero-order valence-corrected chi connectivity index (χ0v) is 10.1. The lowest BCUT2D eigenvalue weighted by Gasteiger charge is -2.07. The Balaban J connectivity index is 2.71. The highest BCUT2D eigenvalue weighted by molar-refractivity contribution is 9.10. The fourth-order valence-electron chi connectivity index (χ4n) is 0.851. The van der Waals surface area contributed by atoms with Gasteiger partial charge in [0.1, 0.15) is 5.82 Å². The molecule has 0 bridgehead atoms. The van der Waals surface area contributed by atoms with Crippen molar-refractivity contribution in [2.75, 3.05) is 11.9 Å². The van der Waals surface area contributed by atoms with Crippen LogP contribution in [-0.2, 0) is 0 Å². The molecule has 1 rings (SSSR count). The van der Waals surface area contributed by atoms with Crippen molar-refractivity contribution in [2.24, 2.45) is 0 Å². The highest BCUT2D eigenvalue weighted by atomic mass is 79.9. The van der Waals surface area contributed by atoms with E-state index in [2.05, 4.69) is 21.2 Å². The van der Waals surface area contributed by atoms with Gasteiger partial charge in [0.25, 0.3) is 0 Å². The number of benzene rings is 1. The Kier molecular flexibility index (Phi) is 4.72. The van der Waals surface area contributed by atoms with E-state index in [9.17, 15) is 4.39 Å². The summed E-state index contributed by atoms with van der Waals surface area (Å²) in [4.78, 5) is 0. The number of hydrogen-bond donors (Lipinski definition) is 1. The highest BCUT2D eigenvalue weighted by Gasteiger charge is 2.01. The van der Waals surface area contributed by atoms with Crippen molar-refractivity contribution in [3.63, 3.8) is 0 Å². The number of rotatable bonds is 3. The molecule has 14 heavy (non-hydrogen) atoms. The maximum atomic E-state index is 12.8. The molecule has 0 aliphatic heterocycles. The predicted molar refractivity (Wildman–Crippen MR) is 62.4 cm³/mol. The number of nitrogens with one attached hydrogen (secondary N) is 1. The smallest absolute Gasteiger partial charge is 0.125 e. The average molecular weight is 299 g/mol. The van der Waals surface area contributed by atoms with Gasteiger partial charge in [-0.2, -0.15) is 0 Å². The molecule has 0 fully saturated rings. The number of anilines is 1. The summed E-state index contributed by atoms with van der Waals surface area (Å²) in [5.74, 6) is -0.304. The van der Waals surface area contributed by atoms with E-state index < -0.39 is 0 Å². The summed E-state index contributed by atoms with van der Waals surface area (Å²) in [6, 6.07) is 4.37. The average Bonchev–Trinajstić information content (AvgIpc) is 2.19. The summed E-state index contributed by atoms with van der Waals surface area (Å²) < 4.78 is 13.6. The molecule has 5 heteroatoms. The minimum absolute atomic E-state index is 0.304. The van der Waals surface area contributed by atoms with Gasteiger partial charge < -0.3 is 5.32 Å². The van der Waals surface area contributed by atoms with Crippen molar-refractivity contribution < 1.29 is 4.39 Å². The molecule has 0 saturated carbocycles. The van der Waals surface area contributed by atoms with Crippen molar-refractivity contribution in [2.45, 2.75) is 0 Å². The lowest BCUT2D eigenvalue weighted by Crippen LogP contribution is -2.02. The van der Waals surface area contributed by atoms with Gasteiger partial charge in [-0.05, 0) is 34.1 Å². The molecule has 1 aromatic carbocycles. The molecule has 0 atom stereocenters. The Hall–Kier alpha value is -0.250. The molecule has 0 amide bonds. The van der Waals surface area contributed by atoms with Crippen LogP contribution in [0.1, 0.15) is 0 Å². The minimum atomic E-state index is -0.304. The first kappa shape index (κ1) is 11.8. The van der Waals surface area contributed by atoms with Gasteiger partial charge in [0.15, 0.2) is 0 Å². The molecule has 0 aromatic heterocycles. The van der Waals surface area contributed by atoms with Crippen LogP contribution in [0.15, 0.2) is 33.2 Å². The van der Waals surface area contributed by atoms with Gasteiger partial charge in [0.2, 0.25) is 0 Å². The third-order valence-corrected chi connectivity index (χ3v) is 2.80. The first-order valence-electron chi connectivity index (χ1n) is 3.77. The monoisotopic (exact) mass is 297 g/mol. The molecule has 0 spiro atoms. The van der Waals surface area contributed by atoms with Crippen LogP contribution in [0.4, 0.5) is 10.1 Å². The van der Waals surface area contributed by atoms with Crippen molar-refractivity contribution in [3.05, 3.63) is 39.1 Å². The molecule has 0 unspecified atom stereocenters. The topological polar surface area (TPSA) is 12.0 Å². The van der Waals surface area contributed by atoms with Crippen LogP contribution in [0, 0.1) is 5.82 Å². The molecule has 0 heterocycles. The molecular formula is C9H7BrCl2FN. The van der Waals surface area contributed by atoms with E-state index in [1.165, 1.54) is 17.7 Å². The number of hydrogen-bond acceptors (Lipinski definition) is 1. The molecular weight excluding hydrogens is 292 g/mol. The second-order valence-electron chi connectivity index (χ2n) is 2.53. The van der Waals surface area contributed by atoms with Crippen LogP contribution in [0.2, 0.25) is 0 Å². The molecule has 0 aliphatic rings. The first-order chi connectivity index (χ1) is 6.63. The summed E-state index contributed by atoms with van der Waals surface area (Å²) >= 11 is 14.3. The fraction of sp³-hybridized carbons (Fsp3) is 0.111. The second kappa shape index (κ2) is 5.59. The van der Waals surface area contributed by atoms with E-state index in [0.717, 1.165) is 4.47 Å². The van der Waals surface area contributed by atoms with Crippen LogP contribution in [0.25, 0.3) is 0 Å². The second-order valence-corrected chi connectivity index (χ2v) is 4.09. The van der Waals surface area contributed by atoms with E-state index in [1.807, 2.05) is 0 Å². The Morgan fingerprint density at radius 3 is 2.93 bits per heavy atom. The van der Waals surface area contributed by atoms with Crippen LogP contribution in [-0.4, -0.2) is 6.54 Å². The molecule has 1 nitrogen and oxygen atoms in total. The summed E-state index contributed by atoms with van der Waals surface area (Å²) in [7, 11) is 0. The normalized spacial score (nSPS) is 11.6. The highest BCUT2D eigenvalue weighted by Crippen LogP contribution is 2.23. The maximum absolute atomic E-state index is 12.8. The minimum Gasteiger partial charge on any atom is -0.379 e. The van der Waals surface area contributed by atoms with Crippen LogP contribution >= 0.6 is 39.1 Å². The molecule has 1 aromatic rings. The lowest BCUT2D eigenvalue weighted by molar-refractivity contribution is 0.628. The zero-order chi connectivity index (χ0) is 10.6. The van der Waals surface area contributed by atoms with Crippen LogP contribution < -0.4 is 5.32 Å². The molecule has 76 valence electrons. The molecule has 1 N–H and O–H groups in total. The summed E-state index contributed by atoms with van der Waals surface area (Å²) in [6.45, 7) is 0.368. The van der Waals surface area contributed by atoms with Crippen LogP contribution in [0.3, 0.4) is 0 Å². The zero-order valence-electron chi connectivity index (χ0n) is 7.03. The Morgan fingerprint density at radius 2 is 2.29 bits per heavy atom. The van der Waals surface area contributed by atoms with E-state index in [1.54, 1.807) is 6.07 Å². The van der Waals surface area contributed by atoms with Gasteiger partial charge in [-0.25, -0.2) is 4.39 Å². The SMILES string of the molecule is Fc1ccc(Br)c(NC/C(Cl)=C/Cl)c1. The molecule has 0 aliphatic carbocycles. The Morgan fingerprint density at radius 1 is 1.57 bits per heavy atom. The Bertz CT molecular complexity index is 355. The van der Waals surface area contributed by atoms with Gasteiger partial charge in [-0.3, -0.25) is 0 Å². The van der Waals surface area contributed by atoms with E-state index >= 15 is 0 Å². The summed E-state index contributed by atoms with van der Waals surface area (Å²) in [5.41, 5.74) is 1.91. The van der Waals surface area contributed by atoms with Crippen molar-refractivity contribution in [1.82, 2.24) is 0 Å². The van der Waals surface area contributed by atoms with Crippen molar-refractivity contribution in [1.29, 1.82) is 0 Å². The number of halogens is 4. The third-order valence-electron chi connectivity index (χ3n) is 1.49. The molecule has 0 saturated heterocycles. The summed E-state index contributed by atoms with van der Waals surface area (Å²) in [5, 5.41) is 3.39. The molecule has 0 radical (unpaired) electrons. The van der Waals surface area contributed by atoms with Gasteiger partial charge in [-0.1, -0.05) is 23.2 Å². The largest absolute Gasteiger partial charge is 0.379 e. The van der Waals surface area contributed by atoms with Gasteiger partial charge in [0.05, 0.1) is 12.2 Å². The fourth-order valence-corrected chi connectivity index (χ4v) is 1.38. The first-order valence-corrected chi connectivity index (χ1v) is 5.38. The van der Waals surface area contributed by atoms with Crippen molar-refractivity contribution in [3.8, 4) is 0 Å². The third kappa shape index (κ3) is 3.48. The lowest BCUT2D eigenvalue weighted by atomic mass is 10.3. The quantitative estimate of drug-likeness (QED) is 0.876. The van der Waals surface area contributed by atoms with Crippen LogP contribution in [0.5, 0.6) is 0 Å². The van der Waals surface area contributed by atoms with Gasteiger partial charge >= 0.3 is 0 Å². The van der Waals surface area contributed by atoms with Gasteiger partial charge in [0, 0.05) is 15.0 Å². The van der Waals surface area contributed by atoms with E-state index in [0.29, 0.717) is 17.3 Å². The van der Waals surface area contributed by atoms with E-state index in [-0.39, 0.29) is 5.82 Å². The van der Waals surface area contributed by atoms with Gasteiger partial charge in [-0.15, -0.1) is 0 Å².